The Kier molecular flexibility index (Phi) is 2.82. The van der Waals surface area contributed by atoms with Crippen LogP contribution in [0, 0.1) is 0 Å². The average molecular weight is 286 g/mol. The molecule has 0 saturated heterocycles. The van der Waals surface area contributed by atoms with Crippen LogP contribution < -0.4 is 0 Å². The summed E-state index contributed by atoms with van der Waals surface area (Å²) in [6, 6.07) is 8.21. The van der Waals surface area contributed by atoms with Crippen molar-refractivity contribution in [1.29, 1.82) is 0 Å². The van der Waals surface area contributed by atoms with Crippen LogP contribution in [0.15, 0.2) is 44.8 Å². The summed E-state index contributed by atoms with van der Waals surface area (Å²) in [5.74, 6) is 0. The number of hydrogen-bond acceptors (Lipinski definition) is 5. The van der Waals surface area contributed by atoms with Crippen molar-refractivity contribution < 1.29 is 9.52 Å². The van der Waals surface area contributed by atoms with E-state index in [2.05, 4.69) is 22.0 Å². The lowest BCUT2D eigenvalue weighted by atomic mass is 10.1. The van der Waals surface area contributed by atoms with Crippen LogP contribution in [0.2, 0.25) is 0 Å². The third-order valence-corrected chi connectivity index (χ3v) is 4.79. The number of benzene rings is 1. The zero-order chi connectivity index (χ0) is 13.5. The van der Waals surface area contributed by atoms with Crippen molar-refractivity contribution in [3.8, 4) is 0 Å². The minimum Gasteiger partial charge on any atom is -0.464 e. The smallest absolute Gasteiger partial charge is 0.168 e. The number of rotatable bonds is 3. The van der Waals surface area contributed by atoms with E-state index >= 15 is 0 Å². The summed E-state index contributed by atoms with van der Waals surface area (Å²) in [5, 5.41) is 11.4. The van der Waals surface area contributed by atoms with Crippen molar-refractivity contribution in [2.75, 3.05) is 19.7 Å². The van der Waals surface area contributed by atoms with Crippen LogP contribution in [0.1, 0.15) is 12.0 Å². The molecule has 0 saturated carbocycles. The van der Waals surface area contributed by atoms with Gasteiger partial charge in [-0.15, -0.1) is 0 Å². The van der Waals surface area contributed by atoms with Gasteiger partial charge in [0.25, 0.3) is 0 Å². The zero-order valence-electron chi connectivity index (χ0n) is 10.9. The summed E-state index contributed by atoms with van der Waals surface area (Å²) >= 11 is 1.69. The molecule has 102 valence electrons. The van der Waals surface area contributed by atoms with E-state index in [1.165, 1.54) is 16.2 Å². The molecule has 20 heavy (non-hydrogen) atoms. The number of furan rings is 1. The van der Waals surface area contributed by atoms with Crippen molar-refractivity contribution in [2.45, 2.75) is 6.42 Å². The van der Waals surface area contributed by atoms with E-state index in [9.17, 15) is 5.11 Å². The minimum atomic E-state index is 0.168. The second kappa shape index (κ2) is 4.68. The molecule has 0 spiro atoms. The monoisotopic (exact) mass is 286 g/mol. The lowest BCUT2D eigenvalue weighted by Crippen LogP contribution is -2.20. The molecule has 0 atom stereocenters. The van der Waals surface area contributed by atoms with Crippen LogP contribution in [0.4, 0.5) is 0 Å². The molecular formula is C15H14N2O2S. The fourth-order valence-corrected chi connectivity index (χ4v) is 3.92. The molecule has 0 aliphatic carbocycles. The van der Waals surface area contributed by atoms with Crippen molar-refractivity contribution >= 4 is 33.6 Å². The van der Waals surface area contributed by atoms with Gasteiger partial charge in [-0.3, -0.25) is 4.99 Å². The highest BCUT2D eigenvalue weighted by Crippen LogP contribution is 2.43. The molecule has 3 heterocycles. The molecular weight excluding hydrogens is 272 g/mol. The van der Waals surface area contributed by atoms with Crippen LogP contribution in [0.3, 0.4) is 0 Å². The van der Waals surface area contributed by atoms with Crippen LogP contribution in [0.25, 0.3) is 16.7 Å². The van der Waals surface area contributed by atoms with E-state index in [1.54, 1.807) is 18.0 Å². The van der Waals surface area contributed by atoms with Crippen molar-refractivity contribution in [3.63, 3.8) is 0 Å². The topological polar surface area (TPSA) is 49.0 Å². The highest BCUT2D eigenvalue weighted by Gasteiger charge is 2.32. The molecule has 5 heteroatoms. The maximum Gasteiger partial charge on any atom is 0.168 e. The molecule has 2 aromatic rings. The van der Waals surface area contributed by atoms with E-state index in [-0.39, 0.29) is 6.61 Å². The van der Waals surface area contributed by atoms with Crippen LogP contribution in [-0.2, 0) is 0 Å². The molecule has 0 bridgehead atoms. The fourth-order valence-electron chi connectivity index (χ4n) is 2.73. The summed E-state index contributed by atoms with van der Waals surface area (Å²) in [5.41, 5.74) is 3.27. The number of nitrogens with zero attached hydrogens (tertiary/aromatic N) is 2. The van der Waals surface area contributed by atoms with Crippen molar-refractivity contribution in [3.05, 3.63) is 41.0 Å². The first-order valence-corrected chi connectivity index (χ1v) is 7.50. The van der Waals surface area contributed by atoms with E-state index in [4.69, 9.17) is 4.42 Å². The van der Waals surface area contributed by atoms with Gasteiger partial charge in [-0.1, -0.05) is 11.8 Å². The van der Waals surface area contributed by atoms with E-state index in [0.29, 0.717) is 6.42 Å². The minimum absolute atomic E-state index is 0.168. The van der Waals surface area contributed by atoms with Gasteiger partial charge in [-0.25, -0.2) is 0 Å². The first-order chi connectivity index (χ1) is 9.86. The summed E-state index contributed by atoms with van der Waals surface area (Å²) in [6.07, 6.45) is 2.39. The predicted octanol–water partition coefficient (Wildman–Crippen LogP) is 2.90. The molecule has 2 aliphatic rings. The van der Waals surface area contributed by atoms with E-state index in [1.807, 2.05) is 12.1 Å². The highest BCUT2D eigenvalue weighted by atomic mass is 32.2. The first-order valence-electron chi connectivity index (χ1n) is 6.68. The summed E-state index contributed by atoms with van der Waals surface area (Å²) < 4.78 is 5.40. The number of aliphatic hydroxyl groups excluding tert-OH is 1. The molecule has 1 N–H and O–H groups in total. The van der Waals surface area contributed by atoms with Crippen LogP contribution >= 0.6 is 11.8 Å². The second-order valence-electron chi connectivity index (χ2n) is 4.84. The normalized spacial score (nSPS) is 18.1. The lowest BCUT2D eigenvalue weighted by Gasteiger charge is -2.17. The van der Waals surface area contributed by atoms with Gasteiger partial charge in [0.15, 0.2) is 5.17 Å². The molecule has 0 unspecified atom stereocenters. The Balaban J connectivity index is 1.83. The summed E-state index contributed by atoms with van der Waals surface area (Å²) in [6.45, 7) is 1.95. The van der Waals surface area contributed by atoms with Gasteiger partial charge in [-0.2, -0.15) is 0 Å². The van der Waals surface area contributed by atoms with E-state index < -0.39 is 0 Å². The third-order valence-electron chi connectivity index (χ3n) is 3.61. The molecule has 1 aromatic heterocycles. The lowest BCUT2D eigenvalue weighted by molar-refractivity contribution is 0.301. The Morgan fingerprint density at radius 2 is 2.30 bits per heavy atom. The van der Waals surface area contributed by atoms with Gasteiger partial charge in [0, 0.05) is 29.9 Å². The number of aliphatic imine (C=N–C) groups is 1. The molecule has 0 amide bonds. The molecule has 2 aliphatic heterocycles. The number of aliphatic hydroxyl groups is 1. The van der Waals surface area contributed by atoms with Crippen LogP contribution in [-0.4, -0.2) is 34.9 Å². The van der Waals surface area contributed by atoms with Gasteiger partial charge >= 0.3 is 0 Å². The molecule has 0 fully saturated rings. The Hall–Kier alpha value is -1.72. The third kappa shape index (κ3) is 1.77. The van der Waals surface area contributed by atoms with Crippen LogP contribution in [0.5, 0.6) is 0 Å². The maximum atomic E-state index is 9.27. The Bertz CT molecular complexity index is 732. The first kappa shape index (κ1) is 12.1. The standard InChI is InChI=1S/C15H14N2O2S/c18-7-3-13-14(17-6-5-16-15(17)20-13)11-1-2-12-10(9-11)4-8-19-12/h1-2,4,8-9,18H,3,5-7H2. The summed E-state index contributed by atoms with van der Waals surface area (Å²) in [4.78, 5) is 7.99. The van der Waals surface area contributed by atoms with Gasteiger partial charge in [0.05, 0.1) is 18.5 Å². The Morgan fingerprint density at radius 3 is 3.20 bits per heavy atom. The molecule has 0 radical (unpaired) electrons. The SMILES string of the molecule is OCCC1=C(c2ccc3occc3c2)N2CCN=C2S1. The molecule has 1 aromatic carbocycles. The van der Waals surface area contributed by atoms with Gasteiger partial charge in [0.1, 0.15) is 5.58 Å². The zero-order valence-corrected chi connectivity index (χ0v) is 11.7. The van der Waals surface area contributed by atoms with Crippen molar-refractivity contribution in [2.24, 2.45) is 4.99 Å². The number of amidine groups is 1. The van der Waals surface area contributed by atoms with E-state index in [0.717, 1.165) is 29.2 Å². The highest BCUT2D eigenvalue weighted by molar-refractivity contribution is 8.17. The number of hydrogen-bond donors (Lipinski definition) is 1. The fraction of sp³-hybridized carbons (Fsp3) is 0.267. The number of thioether (sulfide) groups is 1. The second-order valence-corrected chi connectivity index (χ2v) is 5.90. The molecule has 4 nitrogen and oxygen atoms in total. The van der Waals surface area contributed by atoms with Gasteiger partial charge in [0.2, 0.25) is 0 Å². The Labute approximate surface area is 120 Å². The van der Waals surface area contributed by atoms with Gasteiger partial charge in [-0.05, 0) is 29.8 Å². The average Bonchev–Trinajstić information content (AvgIpc) is 3.12. The predicted molar refractivity (Wildman–Crippen MR) is 81.4 cm³/mol. The summed E-state index contributed by atoms with van der Waals surface area (Å²) in [7, 11) is 0. The largest absolute Gasteiger partial charge is 0.464 e. The number of fused-ring (bicyclic) bond motifs is 2. The quantitative estimate of drug-likeness (QED) is 0.942. The van der Waals surface area contributed by atoms with Crippen molar-refractivity contribution in [1.82, 2.24) is 4.90 Å². The maximum absolute atomic E-state index is 9.27. The molecule has 4 rings (SSSR count). The Morgan fingerprint density at radius 1 is 1.35 bits per heavy atom. The van der Waals surface area contributed by atoms with Gasteiger partial charge < -0.3 is 14.4 Å².